The van der Waals surface area contributed by atoms with E-state index in [-0.39, 0.29) is 18.3 Å². The van der Waals surface area contributed by atoms with Crippen LogP contribution in [0.2, 0.25) is 0 Å². The Kier molecular flexibility index (Phi) is 3.94. The number of hydrogen-bond donors (Lipinski definition) is 0. The van der Waals surface area contributed by atoms with Crippen LogP contribution in [0, 0.1) is 6.92 Å². The van der Waals surface area contributed by atoms with Gasteiger partial charge in [0.15, 0.2) is 0 Å². The first kappa shape index (κ1) is 15.1. The van der Waals surface area contributed by atoms with E-state index in [4.69, 9.17) is 14.0 Å². The van der Waals surface area contributed by atoms with Gasteiger partial charge in [0.1, 0.15) is 5.75 Å². The largest absolute Gasteiger partial charge is 0.496 e. The zero-order chi connectivity index (χ0) is 15.0. The Morgan fingerprint density at radius 2 is 1.80 bits per heavy atom. The Hall–Kier alpha value is -1.33. The SMILES string of the molecule is COc1ccnc(/C=C/B2OC(C)(C)C(C)(C)O2)c1C. The first-order valence-corrected chi connectivity index (χ1v) is 6.80. The summed E-state index contributed by atoms with van der Waals surface area (Å²) in [6.45, 7) is 10.1. The number of aromatic nitrogens is 1. The molecular formula is C15H22BNO3. The molecule has 1 saturated heterocycles. The molecule has 1 aromatic rings. The number of ether oxygens (including phenoxy) is 1. The van der Waals surface area contributed by atoms with Gasteiger partial charge in [-0.05, 0) is 46.8 Å². The maximum atomic E-state index is 5.91. The van der Waals surface area contributed by atoms with E-state index in [1.807, 2.05) is 52.7 Å². The average Bonchev–Trinajstić information content (AvgIpc) is 2.56. The van der Waals surface area contributed by atoms with Gasteiger partial charge < -0.3 is 14.0 Å². The average molecular weight is 275 g/mol. The van der Waals surface area contributed by atoms with Gasteiger partial charge in [0.2, 0.25) is 0 Å². The van der Waals surface area contributed by atoms with Gasteiger partial charge in [-0.25, -0.2) is 0 Å². The molecule has 1 fully saturated rings. The van der Waals surface area contributed by atoms with Gasteiger partial charge in [-0.3, -0.25) is 4.98 Å². The minimum absolute atomic E-state index is 0.321. The molecule has 2 heterocycles. The van der Waals surface area contributed by atoms with Crippen molar-refractivity contribution in [2.75, 3.05) is 7.11 Å². The summed E-state index contributed by atoms with van der Waals surface area (Å²) in [6, 6.07) is 1.85. The molecule has 4 nitrogen and oxygen atoms in total. The van der Waals surface area contributed by atoms with Crippen molar-refractivity contribution in [2.45, 2.75) is 45.8 Å². The van der Waals surface area contributed by atoms with Gasteiger partial charge in [-0.1, -0.05) is 5.98 Å². The molecule has 20 heavy (non-hydrogen) atoms. The predicted octanol–water partition coefficient (Wildman–Crippen LogP) is 3.04. The van der Waals surface area contributed by atoms with Crippen molar-refractivity contribution in [2.24, 2.45) is 0 Å². The van der Waals surface area contributed by atoms with Crippen LogP contribution in [0.25, 0.3) is 6.08 Å². The van der Waals surface area contributed by atoms with E-state index in [0.717, 1.165) is 17.0 Å². The fraction of sp³-hybridized carbons (Fsp3) is 0.533. The molecule has 0 aliphatic carbocycles. The van der Waals surface area contributed by atoms with Crippen LogP contribution in [0.5, 0.6) is 5.75 Å². The quantitative estimate of drug-likeness (QED) is 0.795. The monoisotopic (exact) mass is 275 g/mol. The minimum Gasteiger partial charge on any atom is -0.496 e. The maximum Gasteiger partial charge on any atom is 0.487 e. The molecule has 0 atom stereocenters. The van der Waals surface area contributed by atoms with Gasteiger partial charge >= 0.3 is 7.12 Å². The summed E-state index contributed by atoms with van der Waals surface area (Å²) in [5.74, 6) is 2.72. The molecule has 1 aromatic heterocycles. The minimum atomic E-state index is -0.354. The van der Waals surface area contributed by atoms with Crippen molar-refractivity contribution < 1.29 is 14.0 Å². The molecule has 5 heteroatoms. The van der Waals surface area contributed by atoms with Crippen molar-refractivity contribution in [3.05, 3.63) is 29.5 Å². The highest BCUT2D eigenvalue weighted by Crippen LogP contribution is 2.37. The molecule has 0 spiro atoms. The van der Waals surface area contributed by atoms with Crippen LogP contribution >= 0.6 is 0 Å². The molecule has 0 amide bonds. The lowest BCUT2D eigenvalue weighted by Gasteiger charge is -2.32. The number of rotatable bonds is 3. The zero-order valence-electron chi connectivity index (χ0n) is 13.1. The first-order valence-electron chi connectivity index (χ1n) is 6.80. The maximum absolute atomic E-state index is 5.91. The molecule has 0 N–H and O–H groups in total. The van der Waals surface area contributed by atoms with Crippen LogP contribution in [-0.2, 0) is 9.31 Å². The van der Waals surface area contributed by atoms with Crippen LogP contribution in [0.15, 0.2) is 18.2 Å². The lowest BCUT2D eigenvalue weighted by molar-refractivity contribution is 0.00578. The van der Waals surface area contributed by atoms with E-state index in [2.05, 4.69) is 4.98 Å². The van der Waals surface area contributed by atoms with Crippen LogP contribution < -0.4 is 4.74 Å². The molecule has 0 aromatic carbocycles. The summed E-state index contributed by atoms with van der Waals surface area (Å²) in [7, 11) is 1.30. The lowest BCUT2D eigenvalue weighted by Crippen LogP contribution is -2.41. The van der Waals surface area contributed by atoms with E-state index in [1.54, 1.807) is 13.3 Å². The van der Waals surface area contributed by atoms with Crippen LogP contribution in [0.4, 0.5) is 0 Å². The third-order valence-electron chi connectivity index (χ3n) is 4.10. The number of hydrogen-bond acceptors (Lipinski definition) is 4. The van der Waals surface area contributed by atoms with Crippen LogP contribution in [0.1, 0.15) is 39.0 Å². The molecule has 0 saturated carbocycles. The second-order valence-electron chi connectivity index (χ2n) is 6.01. The molecule has 1 aliphatic heterocycles. The van der Waals surface area contributed by atoms with E-state index in [1.165, 1.54) is 0 Å². The van der Waals surface area contributed by atoms with E-state index < -0.39 is 0 Å². The number of nitrogens with zero attached hydrogens (tertiary/aromatic N) is 1. The number of methoxy groups -OCH3 is 1. The Balaban J connectivity index is 2.16. The van der Waals surface area contributed by atoms with Gasteiger partial charge in [-0.15, -0.1) is 0 Å². The van der Waals surface area contributed by atoms with Crippen LogP contribution in [0.3, 0.4) is 0 Å². The summed E-state index contributed by atoms with van der Waals surface area (Å²) >= 11 is 0. The summed E-state index contributed by atoms with van der Waals surface area (Å²) in [5.41, 5.74) is 1.22. The van der Waals surface area contributed by atoms with E-state index >= 15 is 0 Å². The zero-order valence-corrected chi connectivity index (χ0v) is 13.1. The Morgan fingerprint density at radius 1 is 1.20 bits per heavy atom. The highest BCUT2D eigenvalue weighted by atomic mass is 16.7. The van der Waals surface area contributed by atoms with E-state index in [0.29, 0.717) is 0 Å². The van der Waals surface area contributed by atoms with Crippen molar-refractivity contribution >= 4 is 13.2 Å². The van der Waals surface area contributed by atoms with Gasteiger partial charge in [0.05, 0.1) is 24.0 Å². The third kappa shape index (κ3) is 2.74. The van der Waals surface area contributed by atoms with Gasteiger partial charge in [0, 0.05) is 11.8 Å². The van der Waals surface area contributed by atoms with Crippen molar-refractivity contribution in [1.29, 1.82) is 0 Å². The first-order chi connectivity index (χ1) is 9.27. The van der Waals surface area contributed by atoms with Crippen molar-refractivity contribution in [3.63, 3.8) is 0 Å². The van der Waals surface area contributed by atoms with Gasteiger partial charge in [0.25, 0.3) is 0 Å². The molecule has 0 bridgehead atoms. The molecule has 0 radical (unpaired) electrons. The Morgan fingerprint density at radius 3 is 2.35 bits per heavy atom. The highest BCUT2D eigenvalue weighted by molar-refractivity contribution is 6.52. The Labute approximate surface area is 121 Å². The van der Waals surface area contributed by atoms with Crippen LogP contribution in [-0.4, -0.2) is 30.4 Å². The lowest BCUT2D eigenvalue weighted by atomic mass is 9.89. The Bertz CT molecular complexity index is 510. The number of pyridine rings is 1. The normalized spacial score (nSPS) is 20.6. The standard InChI is InChI=1S/C15H22BNO3/c1-11-12(17-10-8-13(11)18-6)7-9-16-19-14(2,3)15(4,5)20-16/h7-10H,1-6H3/b9-7+. The molecule has 2 rings (SSSR count). The second kappa shape index (κ2) is 5.22. The van der Waals surface area contributed by atoms with Gasteiger partial charge in [-0.2, -0.15) is 0 Å². The fourth-order valence-corrected chi connectivity index (χ4v) is 2.06. The summed E-state index contributed by atoms with van der Waals surface area (Å²) in [6.07, 6.45) is 3.65. The summed E-state index contributed by atoms with van der Waals surface area (Å²) in [4.78, 5) is 4.34. The highest BCUT2D eigenvalue weighted by Gasteiger charge is 2.50. The topological polar surface area (TPSA) is 40.6 Å². The third-order valence-corrected chi connectivity index (χ3v) is 4.10. The molecule has 0 unspecified atom stereocenters. The van der Waals surface area contributed by atoms with Crippen molar-refractivity contribution in [3.8, 4) is 5.75 Å². The summed E-state index contributed by atoms with van der Waals surface area (Å²) < 4.78 is 17.1. The molecular weight excluding hydrogens is 253 g/mol. The molecule has 108 valence electrons. The summed E-state index contributed by atoms with van der Waals surface area (Å²) in [5, 5.41) is 0. The second-order valence-corrected chi connectivity index (χ2v) is 6.01. The molecule has 1 aliphatic rings. The van der Waals surface area contributed by atoms with E-state index in [9.17, 15) is 0 Å². The van der Waals surface area contributed by atoms with Crippen molar-refractivity contribution in [1.82, 2.24) is 4.98 Å². The predicted molar refractivity (Wildman–Crippen MR) is 80.6 cm³/mol. The fourth-order valence-electron chi connectivity index (χ4n) is 2.06. The smallest absolute Gasteiger partial charge is 0.487 e.